The van der Waals surface area contributed by atoms with Crippen molar-refractivity contribution in [1.82, 2.24) is 15.1 Å². The lowest BCUT2D eigenvalue weighted by Crippen LogP contribution is -2.29. The summed E-state index contributed by atoms with van der Waals surface area (Å²) in [5, 5.41) is 11.4. The van der Waals surface area contributed by atoms with Crippen molar-refractivity contribution in [2.75, 3.05) is 11.9 Å². The maximum Gasteiger partial charge on any atom is 0.170 e. The van der Waals surface area contributed by atoms with Crippen molar-refractivity contribution in [1.29, 1.82) is 0 Å². The fourth-order valence-electron chi connectivity index (χ4n) is 2.34. The first-order chi connectivity index (χ1) is 11.2. The number of aryl methyl sites for hydroxylation is 3. The van der Waals surface area contributed by atoms with Crippen LogP contribution < -0.4 is 10.6 Å². The van der Waals surface area contributed by atoms with Gasteiger partial charge in [-0.15, -0.1) is 0 Å². The number of hydrogen-bond donors (Lipinski definition) is 2. The van der Waals surface area contributed by atoms with E-state index in [0.29, 0.717) is 5.11 Å². The molecule has 0 aliphatic rings. The van der Waals surface area contributed by atoms with Gasteiger partial charge in [0.25, 0.3) is 0 Å². The molecule has 124 valence electrons. The Morgan fingerprint density at radius 2 is 2.00 bits per heavy atom. The van der Waals surface area contributed by atoms with Gasteiger partial charge in [-0.2, -0.15) is 5.10 Å². The van der Waals surface area contributed by atoms with E-state index >= 15 is 0 Å². The molecular weight excluding hydrogens is 304 g/mol. The van der Waals surface area contributed by atoms with Gasteiger partial charge in [0.05, 0.1) is 6.20 Å². The average molecular weight is 331 g/mol. The summed E-state index contributed by atoms with van der Waals surface area (Å²) in [4.78, 5) is 0. The maximum absolute atomic E-state index is 5.33. The van der Waals surface area contributed by atoms with Crippen LogP contribution in [0.1, 0.15) is 37.3 Å². The largest absolute Gasteiger partial charge is 0.362 e. The van der Waals surface area contributed by atoms with Crippen molar-refractivity contribution >= 4 is 23.0 Å². The van der Waals surface area contributed by atoms with E-state index in [-0.39, 0.29) is 0 Å². The normalized spacial score (nSPS) is 10.5. The minimum absolute atomic E-state index is 0.669. The number of nitrogens with zero attached hydrogens (tertiary/aromatic N) is 2. The smallest absolute Gasteiger partial charge is 0.170 e. The molecule has 2 aromatic rings. The molecular formula is C18H26N4S. The molecule has 0 fully saturated rings. The molecule has 1 heterocycles. The maximum atomic E-state index is 5.33. The molecule has 1 aromatic carbocycles. The number of unbranched alkanes of at least 4 members (excludes halogenated alkanes) is 1. The van der Waals surface area contributed by atoms with Gasteiger partial charge in [0.1, 0.15) is 0 Å². The zero-order valence-corrected chi connectivity index (χ0v) is 14.8. The Bertz CT molecular complexity index is 604. The number of anilines is 1. The first-order valence-electron chi connectivity index (χ1n) is 8.30. The molecule has 23 heavy (non-hydrogen) atoms. The molecule has 2 N–H and O–H groups in total. The molecule has 1 aromatic heterocycles. The molecule has 0 spiro atoms. The van der Waals surface area contributed by atoms with Crippen LogP contribution in [0.5, 0.6) is 0 Å². The number of benzene rings is 1. The summed E-state index contributed by atoms with van der Waals surface area (Å²) in [5.74, 6) is 0. The van der Waals surface area contributed by atoms with E-state index in [4.69, 9.17) is 12.2 Å². The van der Waals surface area contributed by atoms with E-state index in [2.05, 4.69) is 53.1 Å². The Hall–Kier alpha value is -1.88. The van der Waals surface area contributed by atoms with Gasteiger partial charge in [-0.1, -0.05) is 25.5 Å². The molecule has 2 rings (SSSR count). The molecule has 0 saturated heterocycles. The molecule has 4 nitrogen and oxygen atoms in total. The van der Waals surface area contributed by atoms with Crippen LogP contribution in [0.3, 0.4) is 0 Å². The molecule has 5 heteroatoms. The third-order valence-corrected chi connectivity index (χ3v) is 3.89. The summed E-state index contributed by atoms with van der Waals surface area (Å²) in [5.41, 5.74) is 3.61. The highest BCUT2D eigenvalue weighted by atomic mass is 32.1. The van der Waals surface area contributed by atoms with Crippen LogP contribution >= 0.6 is 12.2 Å². The highest BCUT2D eigenvalue weighted by Crippen LogP contribution is 2.11. The van der Waals surface area contributed by atoms with E-state index in [9.17, 15) is 0 Å². The van der Waals surface area contributed by atoms with Crippen molar-refractivity contribution in [2.24, 2.45) is 0 Å². The SMILES string of the molecule is CCCCc1ccc(NC(=S)NCCCn2cc(C)cn2)cc1. The molecule has 0 bridgehead atoms. The molecule has 0 aliphatic carbocycles. The lowest BCUT2D eigenvalue weighted by molar-refractivity contribution is 0.573. The van der Waals surface area contributed by atoms with Gasteiger partial charge in [-0.25, -0.2) is 0 Å². The zero-order valence-electron chi connectivity index (χ0n) is 14.0. The summed E-state index contributed by atoms with van der Waals surface area (Å²) in [7, 11) is 0. The number of aromatic nitrogens is 2. The fraction of sp³-hybridized carbons (Fsp3) is 0.444. The van der Waals surface area contributed by atoms with Gasteiger partial charge >= 0.3 is 0 Å². The van der Waals surface area contributed by atoms with Crippen molar-refractivity contribution in [3.63, 3.8) is 0 Å². The summed E-state index contributed by atoms with van der Waals surface area (Å²) in [6, 6.07) is 8.51. The predicted molar refractivity (Wildman–Crippen MR) is 101 cm³/mol. The van der Waals surface area contributed by atoms with Gasteiger partial charge in [0, 0.05) is 25.0 Å². The Labute approximate surface area is 144 Å². The van der Waals surface area contributed by atoms with E-state index in [1.807, 2.05) is 17.8 Å². The minimum Gasteiger partial charge on any atom is -0.362 e. The van der Waals surface area contributed by atoms with Crippen LogP contribution in [0.2, 0.25) is 0 Å². The second-order valence-corrected chi connectivity index (χ2v) is 6.22. The van der Waals surface area contributed by atoms with Gasteiger partial charge in [-0.05, 0) is 61.7 Å². The molecule has 0 amide bonds. The quantitative estimate of drug-likeness (QED) is 0.569. The average Bonchev–Trinajstić information content (AvgIpc) is 2.96. The van der Waals surface area contributed by atoms with Crippen molar-refractivity contribution in [3.05, 3.63) is 47.8 Å². The second kappa shape index (κ2) is 9.30. The first-order valence-corrected chi connectivity index (χ1v) is 8.71. The summed E-state index contributed by atoms with van der Waals surface area (Å²) in [6.07, 6.45) is 8.53. The molecule has 0 radical (unpaired) electrons. The second-order valence-electron chi connectivity index (χ2n) is 5.82. The van der Waals surface area contributed by atoms with Crippen molar-refractivity contribution < 1.29 is 0 Å². The monoisotopic (exact) mass is 330 g/mol. The van der Waals surface area contributed by atoms with Gasteiger partial charge in [0.15, 0.2) is 5.11 Å². The van der Waals surface area contributed by atoms with Crippen LogP contribution in [-0.4, -0.2) is 21.4 Å². The lowest BCUT2D eigenvalue weighted by atomic mass is 10.1. The van der Waals surface area contributed by atoms with Crippen LogP contribution in [0, 0.1) is 6.92 Å². The standard InChI is InChI=1S/C18H26N4S/c1-3-4-6-16-7-9-17(10-8-16)21-18(23)19-11-5-12-22-14-15(2)13-20-22/h7-10,13-14H,3-6,11-12H2,1-2H3,(H2,19,21,23). The summed E-state index contributed by atoms with van der Waals surface area (Å²) >= 11 is 5.33. The first kappa shape index (κ1) is 17.5. The Kier molecular flexibility index (Phi) is 7.07. The fourth-order valence-corrected chi connectivity index (χ4v) is 2.56. The number of thiocarbonyl (C=S) groups is 1. The number of nitrogens with one attached hydrogen (secondary N) is 2. The number of rotatable bonds is 8. The third kappa shape index (κ3) is 6.40. The topological polar surface area (TPSA) is 41.9 Å². The Morgan fingerprint density at radius 1 is 1.22 bits per heavy atom. The minimum atomic E-state index is 0.669. The van der Waals surface area contributed by atoms with Gasteiger partial charge in [-0.3, -0.25) is 4.68 Å². The highest BCUT2D eigenvalue weighted by molar-refractivity contribution is 7.80. The molecule has 0 atom stereocenters. The van der Waals surface area contributed by atoms with E-state index in [1.54, 1.807) is 0 Å². The Balaban J connectivity index is 1.66. The van der Waals surface area contributed by atoms with Gasteiger partial charge < -0.3 is 10.6 Å². The van der Waals surface area contributed by atoms with Crippen LogP contribution in [0.15, 0.2) is 36.7 Å². The molecule has 0 aliphatic heterocycles. The van der Waals surface area contributed by atoms with E-state index < -0.39 is 0 Å². The zero-order chi connectivity index (χ0) is 16.5. The van der Waals surface area contributed by atoms with Crippen LogP contribution in [-0.2, 0) is 13.0 Å². The van der Waals surface area contributed by atoms with E-state index in [0.717, 1.165) is 31.6 Å². The van der Waals surface area contributed by atoms with Crippen LogP contribution in [0.25, 0.3) is 0 Å². The molecule has 0 saturated carbocycles. The summed E-state index contributed by atoms with van der Waals surface area (Å²) in [6.45, 7) is 6.00. The summed E-state index contributed by atoms with van der Waals surface area (Å²) < 4.78 is 1.96. The lowest BCUT2D eigenvalue weighted by Gasteiger charge is -2.11. The third-order valence-electron chi connectivity index (χ3n) is 3.64. The Morgan fingerprint density at radius 3 is 2.65 bits per heavy atom. The van der Waals surface area contributed by atoms with Crippen LogP contribution in [0.4, 0.5) is 5.69 Å². The van der Waals surface area contributed by atoms with Crippen molar-refractivity contribution in [2.45, 2.75) is 46.1 Å². The predicted octanol–water partition coefficient (Wildman–Crippen LogP) is 3.91. The van der Waals surface area contributed by atoms with Gasteiger partial charge in [0.2, 0.25) is 0 Å². The highest BCUT2D eigenvalue weighted by Gasteiger charge is 1.99. The van der Waals surface area contributed by atoms with E-state index in [1.165, 1.54) is 24.0 Å². The number of hydrogen-bond acceptors (Lipinski definition) is 2. The molecule has 0 unspecified atom stereocenters. The van der Waals surface area contributed by atoms with Crippen molar-refractivity contribution in [3.8, 4) is 0 Å².